The number of likely N-dealkylation sites (tertiary alicyclic amines) is 2. The van der Waals surface area contributed by atoms with Crippen LogP contribution in [0.25, 0.3) is 5.69 Å². The maximum absolute atomic E-state index is 13.3. The van der Waals surface area contributed by atoms with Crippen LogP contribution in [0.3, 0.4) is 0 Å². The van der Waals surface area contributed by atoms with Crippen LogP contribution < -0.4 is 0 Å². The van der Waals surface area contributed by atoms with Gasteiger partial charge in [-0.05, 0) is 67.7 Å². The van der Waals surface area contributed by atoms with Gasteiger partial charge in [-0.1, -0.05) is 6.07 Å². The third kappa shape index (κ3) is 3.41. The van der Waals surface area contributed by atoms with E-state index >= 15 is 0 Å². The summed E-state index contributed by atoms with van der Waals surface area (Å²) in [7, 11) is 0. The Hall–Kier alpha value is -2.77. The summed E-state index contributed by atoms with van der Waals surface area (Å²) < 4.78 is 1.63. The maximum Gasteiger partial charge on any atom is 0.253 e. The summed E-state index contributed by atoms with van der Waals surface area (Å²) in [6, 6.07) is 7.93. The third-order valence-electron chi connectivity index (χ3n) is 6.59. The molecule has 5 rings (SSSR count). The van der Waals surface area contributed by atoms with E-state index in [1.54, 1.807) is 4.68 Å². The van der Waals surface area contributed by atoms with Gasteiger partial charge in [0.1, 0.15) is 0 Å². The van der Waals surface area contributed by atoms with Crippen molar-refractivity contribution >= 4 is 11.8 Å². The number of carbonyl (C=O) groups is 2. The molecule has 0 N–H and O–H groups in total. The highest BCUT2D eigenvalue weighted by Gasteiger charge is 2.46. The zero-order chi connectivity index (χ0) is 20.0. The number of hydrogen-bond donors (Lipinski definition) is 0. The second kappa shape index (κ2) is 6.93. The van der Waals surface area contributed by atoms with Crippen molar-refractivity contribution in [1.29, 1.82) is 0 Å². The number of amides is 2. The van der Waals surface area contributed by atoms with E-state index in [2.05, 4.69) is 20.4 Å². The monoisotopic (exact) mass is 394 g/mol. The van der Waals surface area contributed by atoms with Crippen molar-refractivity contribution in [2.75, 3.05) is 19.6 Å². The predicted octanol–water partition coefficient (Wildman–Crippen LogP) is 1.98. The summed E-state index contributed by atoms with van der Waals surface area (Å²) in [5.41, 5.74) is 1.49. The minimum Gasteiger partial charge on any atom is -0.339 e. The molecule has 3 fully saturated rings. The standard InChI is InChI=1S/C21H26N6O2/c1-15-22-23-24-27(15)18-5-2-4-16(12-18)20(29)25-11-3-9-21(13-25)10-8-19(28)26(14-21)17-6-7-17/h2,4-5,12,17H,3,6-11,13-14H2,1H3/t21-/m1/s1. The summed E-state index contributed by atoms with van der Waals surface area (Å²) in [4.78, 5) is 29.7. The average molecular weight is 394 g/mol. The van der Waals surface area contributed by atoms with Gasteiger partial charge in [-0.15, -0.1) is 5.10 Å². The van der Waals surface area contributed by atoms with Gasteiger partial charge in [0.25, 0.3) is 5.91 Å². The summed E-state index contributed by atoms with van der Waals surface area (Å²) in [6.07, 6.45) is 5.86. The largest absolute Gasteiger partial charge is 0.339 e. The van der Waals surface area contributed by atoms with E-state index in [9.17, 15) is 9.59 Å². The van der Waals surface area contributed by atoms with E-state index in [-0.39, 0.29) is 11.3 Å². The molecule has 29 heavy (non-hydrogen) atoms. The first-order valence-electron chi connectivity index (χ1n) is 10.5. The lowest BCUT2D eigenvalue weighted by molar-refractivity contribution is -0.139. The normalized spacial score (nSPS) is 24.9. The minimum atomic E-state index is 0.0477. The smallest absolute Gasteiger partial charge is 0.253 e. The highest BCUT2D eigenvalue weighted by atomic mass is 16.2. The second-order valence-electron chi connectivity index (χ2n) is 8.77. The van der Waals surface area contributed by atoms with Crippen LogP contribution in [-0.4, -0.2) is 67.5 Å². The number of piperidine rings is 2. The van der Waals surface area contributed by atoms with E-state index in [1.165, 1.54) is 0 Å². The summed E-state index contributed by atoms with van der Waals surface area (Å²) >= 11 is 0. The van der Waals surface area contributed by atoms with Crippen molar-refractivity contribution in [3.05, 3.63) is 35.7 Å². The van der Waals surface area contributed by atoms with Crippen LogP contribution in [0.1, 0.15) is 54.7 Å². The molecule has 0 unspecified atom stereocenters. The van der Waals surface area contributed by atoms with Gasteiger partial charge >= 0.3 is 0 Å². The Labute approximate surface area is 169 Å². The van der Waals surface area contributed by atoms with Crippen LogP contribution in [0.2, 0.25) is 0 Å². The molecule has 1 aliphatic carbocycles. The Balaban J connectivity index is 1.35. The van der Waals surface area contributed by atoms with Crippen LogP contribution in [-0.2, 0) is 4.79 Å². The molecule has 0 bridgehead atoms. The van der Waals surface area contributed by atoms with Gasteiger partial charge in [0.15, 0.2) is 5.82 Å². The minimum absolute atomic E-state index is 0.0477. The SMILES string of the molecule is Cc1nnnn1-c1cccc(C(=O)N2CCC[C@@]3(CCC(=O)N(C4CC4)C3)C2)c1. The molecule has 1 atom stereocenters. The van der Waals surface area contributed by atoms with Gasteiger partial charge in [0, 0.05) is 43.1 Å². The number of hydrogen-bond acceptors (Lipinski definition) is 5. The van der Waals surface area contributed by atoms with Crippen molar-refractivity contribution < 1.29 is 9.59 Å². The van der Waals surface area contributed by atoms with Crippen molar-refractivity contribution in [3.8, 4) is 5.69 Å². The fourth-order valence-electron chi connectivity index (χ4n) is 4.90. The van der Waals surface area contributed by atoms with Gasteiger partial charge in [0.2, 0.25) is 5.91 Å². The number of benzene rings is 1. The number of nitrogens with zero attached hydrogens (tertiary/aromatic N) is 6. The molecule has 2 aliphatic heterocycles. The first-order chi connectivity index (χ1) is 14.0. The lowest BCUT2D eigenvalue weighted by Gasteiger charge is -2.48. The summed E-state index contributed by atoms with van der Waals surface area (Å²) in [5.74, 6) is 1.02. The predicted molar refractivity (Wildman–Crippen MR) is 105 cm³/mol. The third-order valence-corrected chi connectivity index (χ3v) is 6.59. The van der Waals surface area contributed by atoms with Crippen molar-refractivity contribution in [2.45, 2.75) is 51.5 Å². The quantitative estimate of drug-likeness (QED) is 0.795. The first-order valence-corrected chi connectivity index (χ1v) is 10.5. The van der Waals surface area contributed by atoms with Crippen molar-refractivity contribution in [1.82, 2.24) is 30.0 Å². The van der Waals surface area contributed by atoms with Crippen LogP contribution >= 0.6 is 0 Å². The average Bonchev–Trinajstić information content (AvgIpc) is 3.50. The van der Waals surface area contributed by atoms with Crippen LogP contribution in [0.5, 0.6) is 0 Å². The highest BCUT2D eigenvalue weighted by Crippen LogP contribution is 2.42. The van der Waals surface area contributed by atoms with E-state index in [0.29, 0.717) is 29.8 Å². The zero-order valence-electron chi connectivity index (χ0n) is 16.8. The molecule has 1 aromatic carbocycles. The topological polar surface area (TPSA) is 84.2 Å². The highest BCUT2D eigenvalue weighted by molar-refractivity contribution is 5.95. The van der Waals surface area contributed by atoms with Gasteiger partial charge in [-0.25, -0.2) is 0 Å². The summed E-state index contributed by atoms with van der Waals surface area (Å²) in [5, 5.41) is 11.6. The second-order valence-corrected chi connectivity index (χ2v) is 8.77. The lowest BCUT2D eigenvalue weighted by atomic mass is 9.73. The Morgan fingerprint density at radius 3 is 2.83 bits per heavy atom. The van der Waals surface area contributed by atoms with Crippen LogP contribution in [0.4, 0.5) is 0 Å². The molecule has 3 heterocycles. The number of tetrazole rings is 1. The Bertz CT molecular complexity index is 952. The molecule has 8 nitrogen and oxygen atoms in total. The Morgan fingerprint density at radius 2 is 2.07 bits per heavy atom. The van der Waals surface area contributed by atoms with E-state index < -0.39 is 0 Å². The van der Waals surface area contributed by atoms with Gasteiger partial charge in [-0.2, -0.15) is 4.68 Å². The Kier molecular flexibility index (Phi) is 4.37. The zero-order valence-corrected chi connectivity index (χ0v) is 16.8. The van der Waals surface area contributed by atoms with Crippen molar-refractivity contribution in [3.63, 3.8) is 0 Å². The molecule has 3 aliphatic rings. The molecular formula is C21H26N6O2. The molecule has 2 aromatic rings. The molecule has 8 heteroatoms. The molecular weight excluding hydrogens is 368 g/mol. The molecule has 2 saturated heterocycles. The molecule has 1 aromatic heterocycles. The molecule has 152 valence electrons. The lowest BCUT2D eigenvalue weighted by Crippen LogP contribution is -2.55. The van der Waals surface area contributed by atoms with E-state index in [4.69, 9.17) is 0 Å². The fraction of sp³-hybridized carbons (Fsp3) is 0.571. The van der Waals surface area contributed by atoms with E-state index in [0.717, 1.165) is 57.4 Å². The number of carbonyl (C=O) groups excluding carboxylic acids is 2. The fourth-order valence-corrected chi connectivity index (χ4v) is 4.90. The van der Waals surface area contributed by atoms with E-state index in [1.807, 2.05) is 36.1 Å². The number of rotatable bonds is 3. The molecule has 2 amide bonds. The van der Waals surface area contributed by atoms with Crippen LogP contribution in [0, 0.1) is 12.3 Å². The van der Waals surface area contributed by atoms with Gasteiger partial charge < -0.3 is 9.80 Å². The van der Waals surface area contributed by atoms with Crippen molar-refractivity contribution in [2.24, 2.45) is 5.41 Å². The first kappa shape index (κ1) is 18.3. The van der Waals surface area contributed by atoms with Gasteiger partial charge in [-0.3, -0.25) is 9.59 Å². The molecule has 1 saturated carbocycles. The Morgan fingerprint density at radius 1 is 1.21 bits per heavy atom. The molecule has 0 radical (unpaired) electrons. The summed E-state index contributed by atoms with van der Waals surface area (Å²) in [6.45, 7) is 4.14. The number of aryl methyl sites for hydroxylation is 1. The molecule has 1 spiro atoms. The number of aromatic nitrogens is 4. The maximum atomic E-state index is 13.3. The van der Waals surface area contributed by atoms with Gasteiger partial charge in [0.05, 0.1) is 5.69 Å². The van der Waals surface area contributed by atoms with Crippen LogP contribution in [0.15, 0.2) is 24.3 Å².